The summed E-state index contributed by atoms with van der Waals surface area (Å²) in [6.45, 7) is 12.1. The van der Waals surface area contributed by atoms with Crippen molar-refractivity contribution in [3.63, 3.8) is 0 Å². The Balaban J connectivity index is 0.000000241. The summed E-state index contributed by atoms with van der Waals surface area (Å²) in [4.78, 5) is 37.8. The number of anilines is 2. The van der Waals surface area contributed by atoms with E-state index in [1.165, 1.54) is 11.1 Å². The second-order valence-corrected chi connectivity index (χ2v) is 22.8. The Hall–Kier alpha value is -4.16. The first kappa shape index (κ1) is 61.1. The minimum atomic E-state index is -1.67. The molecule has 0 radical (unpaired) electrons. The van der Waals surface area contributed by atoms with Crippen molar-refractivity contribution in [1.82, 2.24) is 19.3 Å². The van der Waals surface area contributed by atoms with Gasteiger partial charge < -0.3 is 21.1 Å². The van der Waals surface area contributed by atoms with Gasteiger partial charge in [-0.1, -0.05) is 46.3 Å². The van der Waals surface area contributed by atoms with Crippen molar-refractivity contribution in [3.8, 4) is 11.4 Å². The first-order valence-electron chi connectivity index (χ1n) is 20.9. The summed E-state index contributed by atoms with van der Waals surface area (Å²) in [6, 6.07) is 36.2. The standard InChI is InChI=1S/C19H17IN2O.C10H11N3.C8H6ClIO.C8H7IO2.C7H8BrN.Cl2OS/c1-13-7-15(9-17(8-13)22-6-5-21-12-22)10-19(23)16-4-3-14(2)18(20)11-16;1-8-5-9(11)7-10(6-8)13-4-2-3-12-13;1-5-2-3-6(8(9)11)4-7(5)10;1-5-2-3-6(8(10)11)4-7(5)9;1-5-2-6(8)4-7(9)3-5;1-4(2)3/h3-9,11-12H,10H2,1-2H3;2-7H,11H2,1H3;2-4H,1H3;2-4H,1H3,(H,10,11);2-4H,9H2,1H3;. The van der Waals surface area contributed by atoms with E-state index in [1.54, 1.807) is 47.7 Å². The lowest BCUT2D eigenvalue weighted by Crippen LogP contribution is -2.05. The molecule has 372 valence electrons. The van der Waals surface area contributed by atoms with Crippen molar-refractivity contribution < 1.29 is 23.7 Å². The molecule has 0 bridgehead atoms. The average molecular weight is 1440 g/mol. The van der Waals surface area contributed by atoms with Crippen molar-refractivity contribution in [3.05, 3.63) is 217 Å². The van der Waals surface area contributed by atoms with Gasteiger partial charge in [0.15, 0.2) is 5.78 Å². The normalized spacial score (nSPS) is 10.1. The lowest BCUT2D eigenvalue weighted by atomic mass is 10.0. The summed E-state index contributed by atoms with van der Waals surface area (Å²) in [7, 11) is 7.36. The summed E-state index contributed by atoms with van der Waals surface area (Å²) >= 11 is 15.2. The van der Waals surface area contributed by atoms with E-state index < -0.39 is 20.4 Å². The Kier molecular flexibility index (Phi) is 26.5. The predicted molar refractivity (Wildman–Crippen MR) is 321 cm³/mol. The largest absolute Gasteiger partial charge is 0.478 e. The number of carbonyl (C=O) groups is 3. The number of aromatic nitrogens is 4. The Morgan fingerprint density at radius 1 is 0.648 bits per heavy atom. The Morgan fingerprint density at radius 3 is 1.61 bits per heavy atom. The lowest BCUT2D eigenvalue weighted by Gasteiger charge is -2.09. The molecule has 0 atom stereocenters. The number of carbonyl (C=O) groups excluding carboxylic acids is 2. The van der Waals surface area contributed by atoms with E-state index >= 15 is 0 Å². The van der Waals surface area contributed by atoms with Crippen molar-refractivity contribution in [2.24, 2.45) is 0 Å². The fourth-order valence-electron chi connectivity index (χ4n) is 6.11. The molecule has 71 heavy (non-hydrogen) atoms. The molecule has 2 aromatic heterocycles. The van der Waals surface area contributed by atoms with Crippen LogP contribution in [0.15, 0.2) is 151 Å². The predicted octanol–water partition coefficient (Wildman–Crippen LogP) is 14.9. The number of hydrogen-bond donors (Lipinski definition) is 3. The van der Waals surface area contributed by atoms with Crippen molar-refractivity contribution in [1.29, 1.82) is 0 Å². The summed E-state index contributed by atoms with van der Waals surface area (Å²) in [5, 5.41) is 12.3. The smallest absolute Gasteiger partial charge is 0.335 e. The highest BCUT2D eigenvalue weighted by atomic mass is 127. The fraction of sp³-hybridized carbons (Fsp3) is 0.135. The van der Waals surface area contributed by atoms with Gasteiger partial charge in [-0.15, -0.1) is 0 Å². The van der Waals surface area contributed by atoms with Crippen LogP contribution in [0.5, 0.6) is 0 Å². The average Bonchev–Trinajstić information content (AvgIpc) is 4.03. The van der Waals surface area contributed by atoms with E-state index in [9.17, 15) is 14.4 Å². The van der Waals surface area contributed by atoms with E-state index in [0.29, 0.717) is 17.5 Å². The van der Waals surface area contributed by atoms with Gasteiger partial charge in [0.1, 0.15) is 0 Å². The van der Waals surface area contributed by atoms with Crippen LogP contribution in [0.25, 0.3) is 11.4 Å². The van der Waals surface area contributed by atoms with Gasteiger partial charge in [0.2, 0.25) is 9.23 Å². The number of benzene rings is 6. The van der Waals surface area contributed by atoms with E-state index in [2.05, 4.69) is 127 Å². The zero-order chi connectivity index (χ0) is 52.9. The number of carboxylic acids is 1. The minimum Gasteiger partial charge on any atom is -0.478 e. The molecule has 8 rings (SSSR count). The molecule has 0 aliphatic heterocycles. The second kappa shape index (κ2) is 30.8. The van der Waals surface area contributed by atoms with Gasteiger partial charge in [-0.2, -0.15) is 5.10 Å². The maximum atomic E-state index is 12.6. The SMILES string of the molecule is Cc1cc(CC(=O)c2ccc(C)c(I)c2)cc(-n2ccnc2)c1.Cc1cc(N)cc(-n2cccn2)c1.Cc1cc(N)cc(Br)c1.Cc1ccc(C(=O)Cl)cc1I.Cc1ccc(C(=O)O)cc1I.O=S(Cl)Cl. The zero-order valence-corrected chi connectivity index (χ0v) is 50.3. The van der Waals surface area contributed by atoms with Crippen LogP contribution in [0.3, 0.4) is 0 Å². The van der Waals surface area contributed by atoms with E-state index in [0.717, 1.165) is 71.3 Å². The minimum absolute atomic E-state index is 0.144. The van der Waals surface area contributed by atoms with Crippen LogP contribution in [-0.2, 0) is 15.6 Å². The topological polar surface area (TPSA) is 176 Å². The number of rotatable bonds is 7. The van der Waals surface area contributed by atoms with Crippen molar-refractivity contribution in [2.45, 2.75) is 48.0 Å². The number of Topliss-reactive ketones (excluding diaryl/α,β-unsaturated/α-hetero) is 1. The molecule has 0 aliphatic rings. The third-order valence-electron chi connectivity index (χ3n) is 9.52. The van der Waals surface area contributed by atoms with Gasteiger partial charge in [-0.05, 0) is 245 Å². The van der Waals surface area contributed by atoms with Crippen LogP contribution in [0, 0.1) is 52.3 Å². The molecular weight excluding hydrogens is 1390 g/mol. The molecule has 2 heterocycles. The highest BCUT2D eigenvalue weighted by Gasteiger charge is 2.11. The van der Waals surface area contributed by atoms with E-state index in [-0.39, 0.29) is 5.78 Å². The third kappa shape index (κ3) is 22.7. The number of aromatic carboxylic acids is 1. The molecule has 0 unspecified atom stereocenters. The molecule has 0 spiro atoms. The summed E-state index contributed by atoms with van der Waals surface area (Å²) in [5.74, 6) is -0.729. The number of halogens is 7. The number of aryl methyl sites for hydroxylation is 6. The number of nitrogens with zero attached hydrogens (tertiary/aromatic N) is 4. The number of nitrogens with two attached hydrogens (primary N) is 2. The highest BCUT2D eigenvalue weighted by molar-refractivity contribution is 14.1. The Morgan fingerprint density at radius 2 is 1.14 bits per heavy atom. The van der Waals surface area contributed by atoms with Crippen LogP contribution >= 0.6 is 117 Å². The van der Waals surface area contributed by atoms with E-state index in [4.69, 9.17) is 32.4 Å². The quantitative estimate of drug-likeness (QED) is 0.0607. The van der Waals surface area contributed by atoms with Gasteiger partial charge >= 0.3 is 5.97 Å². The maximum Gasteiger partial charge on any atom is 0.335 e. The van der Waals surface area contributed by atoms with Crippen molar-refractivity contribution >= 4 is 154 Å². The van der Waals surface area contributed by atoms with Crippen LogP contribution in [0.4, 0.5) is 11.4 Å². The van der Waals surface area contributed by atoms with Crippen LogP contribution < -0.4 is 11.5 Å². The van der Waals surface area contributed by atoms with Gasteiger partial charge in [0.25, 0.3) is 5.24 Å². The summed E-state index contributed by atoms with van der Waals surface area (Å²) in [5.41, 5.74) is 24.5. The monoisotopic (exact) mass is 1430 g/mol. The molecule has 11 nitrogen and oxygen atoms in total. The number of imidazole rings is 1. The molecular formula is C52H49BrCl3I3N6O5S. The molecule has 5 N–H and O–H groups in total. The van der Waals surface area contributed by atoms with Gasteiger partial charge in [-0.3, -0.25) is 9.59 Å². The Bertz CT molecular complexity index is 2950. The summed E-state index contributed by atoms with van der Waals surface area (Å²) in [6.07, 6.45) is 9.47. The zero-order valence-electron chi connectivity index (χ0n) is 39.1. The van der Waals surface area contributed by atoms with Crippen LogP contribution in [0.1, 0.15) is 70.0 Å². The molecule has 0 aliphatic carbocycles. The van der Waals surface area contributed by atoms with Crippen LogP contribution in [0.2, 0.25) is 0 Å². The first-order chi connectivity index (χ1) is 33.4. The molecule has 0 amide bonds. The number of carboxylic acid groups (broad SMARTS) is 1. The molecule has 6 aromatic carbocycles. The molecule has 0 fully saturated rings. The number of hydrogen-bond acceptors (Lipinski definition) is 8. The van der Waals surface area contributed by atoms with Gasteiger partial charge in [0.05, 0.1) is 17.6 Å². The fourth-order valence-corrected chi connectivity index (χ4v) is 8.40. The molecule has 19 heteroatoms. The van der Waals surface area contributed by atoms with Gasteiger partial charge in [-0.25, -0.2) is 18.7 Å². The lowest BCUT2D eigenvalue weighted by molar-refractivity contribution is 0.0696. The summed E-state index contributed by atoms with van der Waals surface area (Å²) < 4.78 is 17.1. The molecule has 0 saturated carbocycles. The highest BCUT2D eigenvalue weighted by Crippen LogP contribution is 2.20. The number of ketones is 1. The first-order valence-corrected chi connectivity index (χ1v) is 28.1. The van der Waals surface area contributed by atoms with Gasteiger partial charge in [0, 0.05) is 95.9 Å². The second-order valence-electron chi connectivity index (χ2n) is 15.5. The van der Waals surface area contributed by atoms with Crippen molar-refractivity contribution in [2.75, 3.05) is 11.5 Å². The number of nitrogen functional groups attached to an aromatic ring is 2. The molecule has 0 saturated heterocycles. The molecule has 8 aromatic rings. The van der Waals surface area contributed by atoms with Crippen LogP contribution in [-0.4, -0.2) is 45.6 Å². The maximum absolute atomic E-state index is 12.6. The Labute approximate surface area is 480 Å². The van der Waals surface area contributed by atoms with E-state index in [1.807, 2.05) is 137 Å². The third-order valence-corrected chi connectivity index (χ3v) is 13.7.